The van der Waals surface area contributed by atoms with E-state index >= 15 is 0 Å². The molecule has 1 aliphatic rings. The third-order valence-corrected chi connectivity index (χ3v) is 4.70. The Kier molecular flexibility index (Phi) is 3.60. The van der Waals surface area contributed by atoms with Gasteiger partial charge in [0.25, 0.3) is 0 Å². The molecule has 1 saturated carbocycles. The number of nitriles is 1. The lowest BCUT2D eigenvalue weighted by Crippen LogP contribution is -2.20. The molecule has 116 valence electrons. The van der Waals surface area contributed by atoms with Gasteiger partial charge in [-0.05, 0) is 48.6 Å². The van der Waals surface area contributed by atoms with Crippen LogP contribution < -0.4 is 5.32 Å². The Morgan fingerprint density at radius 1 is 1.35 bits per heavy atom. The van der Waals surface area contributed by atoms with E-state index in [2.05, 4.69) is 32.5 Å². The summed E-state index contributed by atoms with van der Waals surface area (Å²) >= 11 is 0. The Hall–Kier alpha value is -2.58. The van der Waals surface area contributed by atoms with Crippen molar-refractivity contribution in [3.05, 3.63) is 53.7 Å². The maximum Gasteiger partial charge on any atom is 0.0991 e. The van der Waals surface area contributed by atoms with Crippen molar-refractivity contribution >= 4 is 10.9 Å². The molecule has 0 bridgehead atoms. The van der Waals surface area contributed by atoms with Gasteiger partial charge in [0, 0.05) is 42.0 Å². The summed E-state index contributed by atoms with van der Waals surface area (Å²) in [6.45, 7) is 2.02. The number of aromatic amines is 2. The second-order valence-electron chi connectivity index (χ2n) is 6.25. The Labute approximate surface area is 134 Å². The molecule has 2 atom stereocenters. The second-order valence-corrected chi connectivity index (χ2v) is 6.25. The minimum Gasteiger partial charge on any atom is -0.361 e. The van der Waals surface area contributed by atoms with Crippen molar-refractivity contribution < 1.29 is 0 Å². The number of nitrogens with one attached hydrogen (secondary N) is 3. The van der Waals surface area contributed by atoms with Crippen molar-refractivity contribution in [3.63, 3.8) is 0 Å². The topological polar surface area (TPSA) is 80.3 Å². The van der Waals surface area contributed by atoms with Gasteiger partial charge in [-0.3, -0.25) is 0 Å². The summed E-state index contributed by atoms with van der Waals surface area (Å²) < 4.78 is 0. The van der Waals surface area contributed by atoms with Crippen LogP contribution in [0.15, 0.2) is 36.9 Å². The summed E-state index contributed by atoms with van der Waals surface area (Å²) in [6, 6.07) is 8.09. The Morgan fingerprint density at radius 3 is 3.13 bits per heavy atom. The number of H-pyrrole nitrogens is 2. The number of imidazole rings is 1. The zero-order valence-corrected chi connectivity index (χ0v) is 12.8. The van der Waals surface area contributed by atoms with E-state index in [1.807, 2.05) is 24.4 Å². The molecule has 2 heterocycles. The fourth-order valence-corrected chi connectivity index (χ4v) is 3.30. The van der Waals surface area contributed by atoms with Crippen LogP contribution in [0.3, 0.4) is 0 Å². The number of nitrogens with zero attached hydrogens (tertiary/aromatic N) is 2. The van der Waals surface area contributed by atoms with Crippen LogP contribution in [0.2, 0.25) is 0 Å². The predicted molar refractivity (Wildman–Crippen MR) is 89.0 cm³/mol. The Balaban J connectivity index is 1.35. The molecule has 5 nitrogen and oxygen atoms in total. The van der Waals surface area contributed by atoms with Gasteiger partial charge in [0.2, 0.25) is 0 Å². The van der Waals surface area contributed by atoms with Gasteiger partial charge >= 0.3 is 0 Å². The van der Waals surface area contributed by atoms with E-state index < -0.39 is 0 Å². The Bertz CT molecular complexity index is 840. The van der Waals surface area contributed by atoms with Crippen LogP contribution in [-0.2, 0) is 6.42 Å². The minimum absolute atomic E-state index is 0.609. The monoisotopic (exact) mass is 305 g/mol. The molecular weight excluding hydrogens is 286 g/mol. The molecule has 5 heteroatoms. The van der Waals surface area contributed by atoms with E-state index in [0.717, 1.165) is 30.6 Å². The van der Waals surface area contributed by atoms with E-state index in [-0.39, 0.29) is 0 Å². The van der Waals surface area contributed by atoms with E-state index in [1.54, 1.807) is 6.33 Å². The molecule has 1 aliphatic carbocycles. The lowest BCUT2D eigenvalue weighted by atomic mass is 10.1. The highest BCUT2D eigenvalue weighted by atomic mass is 14.9. The average molecular weight is 305 g/mol. The smallest absolute Gasteiger partial charge is 0.0991 e. The molecule has 2 unspecified atom stereocenters. The lowest BCUT2D eigenvalue weighted by Gasteiger charge is -2.03. The van der Waals surface area contributed by atoms with Gasteiger partial charge in [-0.2, -0.15) is 5.26 Å². The van der Waals surface area contributed by atoms with Crippen LogP contribution in [0.25, 0.3) is 10.9 Å². The fourth-order valence-electron chi connectivity index (χ4n) is 3.30. The first-order valence-corrected chi connectivity index (χ1v) is 8.04. The van der Waals surface area contributed by atoms with Crippen LogP contribution in [0.1, 0.15) is 29.2 Å². The van der Waals surface area contributed by atoms with Crippen LogP contribution in [0.4, 0.5) is 0 Å². The predicted octanol–water partition coefficient (Wildman–Crippen LogP) is 2.70. The first-order chi connectivity index (χ1) is 11.3. The maximum absolute atomic E-state index is 9.08. The van der Waals surface area contributed by atoms with Crippen molar-refractivity contribution in [2.24, 2.45) is 5.92 Å². The quantitative estimate of drug-likeness (QED) is 0.613. The van der Waals surface area contributed by atoms with E-state index in [4.69, 9.17) is 5.26 Å². The highest BCUT2D eigenvalue weighted by Crippen LogP contribution is 2.49. The van der Waals surface area contributed by atoms with Crippen LogP contribution >= 0.6 is 0 Å². The molecule has 0 aliphatic heterocycles. The van der Waals surface area contributed by atoms with E-state index in [0.29, 0.717) is 11.8 Å². The number of hydrogen-bond acceptors (Lipinski definition) is 3. The summed E-state index contributed by atoms with van der Waals surface area (Å²) in [4.78, 5) is 10.5. The number of fused-ring (bicyclic) bond motifs is 1. The number of benzene rings is 1. The number of rotatable bonds is 6. The highest BCUT2D eigenvalue weighted by Gasteiger charge is 2.39. The molecule has 4 rings (SSSR count). The largest absolute Gasteiger partial charge is 0.361 e. The fraction of sp³-hybridized carbons (Fsp3) is 0.333. The highest BCUT2D eigenvalue weighted by molar-refractivity contribution is 5.85. The minimum atomic E-state index is 0.609. The molecular formula is C18H19N5. The molecule has 0 saturated heterocycles. The first-order valence-electron chi connectivity index (χ1n) is 8.04. The molecule has 1 aromatic carbocycles. The Morgan fingerprint density at radius 2 is 2.30 bits per heavy atom. The van der Waals surface area contributed by atoms with Crippen molar-refractivity contribution in [1.82, 2.24) is 20.3 Å². The number of hydrogen-bond donors (Lipinski definition) is 3. The van der Waals surface area contributed by atoms with Crippen molar-refractivity contribution in [3.8, 4) is 6.07 Å². The summed E-state index contributed by atoms with van der Waals surface area (Å²) in [6.07, 6.45) is 7.91. The summed E-state index contributed by atoms with van der Waals surface area (Å²) in [7, 11) is 0. The molecule has 0 amide bonds. The average Bonchev–Trinajstić information content (AvgIpc) is 3.00. The van der Waals surface area contributed by atoms with Crippen LogP contribution in [0, 0.1) is 17.2 Å². The van der Waals surface area contributed by atoms with Gasteiger partial charge < -0.3 is 15.3 Å². The molecule has 0 radical (unpaired) electrons. The summed E-state index contributed by atoms with van der Waals surface area (Å²) in [5.74, 6) is 1.30. The third kappa shape index (κ3) is 2.86. The first kappa shape index (κ1) is 14.0. The molecule has 0 spiro atoms. The SMILES string of the molecule is N#Cc1ccc2[nH]cc(C3CC3CNCCc3cnc[nH]3)c2c1. The van der Waals surface area contributed by atoms with Crippen LogP contribution in [-0.4, -0.2) is 28.0 Å². The third-order valence-electron chi connectivity index (χ3n) is 4.70. The standard InChI is InChI=1S/C18H19N5/c19-7-12-1-2-18-16(5-12)17(10-22-18)15-6-13(15)8-20-4-3-14-9-21-11-23-14/h1-2,5,9-11,13,15,20,22H,3-4,6,8H2,(H,21,23). The van der Waals surface area contributed by atoms with Gasteiger partial charge in [-0.1, -0.05) is 0 Å². The summed E-state index contributed by atoms with van der Waals surface area (Å²) in [5.41, 5.74) is 4.38. The molecule has 2 aromatic heterocycles. The van der Waals surface area contributed by atoms with Gasteiger partial charge in [0.1, 0.15) is 0 Å². The summed E-state index contributed by atoms with van der Waals surface area (Å²) in [5, 5.41) is 13.8. The van der Waals surface area contributed by atoms with E-state index in [9.17, 15) is 0 Å². The zero-order valence-electron chi connectivity index (χ0n) is 12.8. The molecule has 23 heavy (non-hydrogen) atoms. The van der Waals surface area contributed by atoms with Crippen molar-refractivity contribution in [2.75, 3.05) is 13.1 Å². The molecule has 1 fully saturated rings. The van der Waals surface area contributed by atoms with Crippen molar-refractivity contribution in [2.45, 2.75) is 18.8 Å². The van der Waals surface area contributed by atoms with Gasteiger partial charge in [0.15, 0.2) is 0 Å². The van der Waals surface area contributed by atoms with Gasteiger partial charge in [-0.15, -0.1) is 0 Å². The van der Waals surface area contributed by atoms with Crippen molar-refractivity contribution in [1.29, 1.82) is 5.26 Å². The van der Waals surface area contributed by atoms with Gasteiger partial charge in [-0.25, -0.2) is 4.98 Å². The molecule has 3 N–H and O–H groups in total. The maximum atomic E-state index is 9.08. The van der Waals surface area contributed by atoms with Gasteiger partial charge in [0.05, 0.1) is 18.0 Å². The second kappa shape index (κ2) is 5.90. The normalized spacial score (nSPS) is 19.8. The molecule has 3 aromatic rings. The number of aromatic nitrogens is 3. The van der Waals surface area contributed by atoms with E-state index in [1.165, 1.54) is 23.1 Å². The lowest BCUT2D eigenvalue weighted by molar-refractivity contribution is 0.624. The zero-order chi connectivity index (χ0) is 15.6. The van der Waals surface area contributed by atoms with Crippen LogP contribution in [0.5, 0.6) is 0 Å².